The van der Waals surface area contributed by atoms with Gasteiger partial charge in [-0.1, -0.05) is 0 Å². The average molecular weight is 266 g/mol. The summed E-state index contributed by atoms with van der Waals surface area (Å²) in [6.45, 7) is 2.08. The Bertz CT molecular complexity index is 456. The van der Waals surface area contributed by atoms with Crippen LogP contribution >= 0.6 is 0 Å². The van der Waals surface area contributed by atoms with Gasteiger partial charge < -0.3 is 15.3 Å². The third-order valence-corrected chi connectivity index (χ3v) is 3.58. The van der Waals surface area contributed by atoms with Gasteiger partial charge in [0, 0.05) is 25.9 Å². The maximum absolute atomic E-state index is 11.4. The number of hydrogen-bond acceptors (Lipinski definition) is 3. The molecule has 1 unspecified atom stereocenters. The van der Waals surface area contributed by atoms with E-state index in [-0.39, 0.29) is 23.6 Å². The Hall–Kier alpha value is -1.85. The predicted molar refractivity (Wildman–Crippen MR) is 67.1 cm³/mol. The zero-order valence-corrected chi connectivity index (χ0v) is 10.9. The molecule has 0 bridgehead atoms. The zero-order chi connectivity index (χ0) is 14.0. The van der Waals surface area contributed by atoms with Crippen LogP contribution in [-0.4, -0.2) is 40.4 Å². The van der Waals surface area contributed by atoms with Gasteiger partial charge in [-0.05, 0) is 31.3 Å². The Kier molecular flexibility index (Phi) is 3.87. The van der Waals surface area contributed by atoms with Crippen molar-refractivity contribution < 1.29 is 19.5 Å². The molecule has 1 fully saturated rings. The van der Waals surface area contributed by atoms with Crippen molar-refractivity contribution in [1.29, 1.82) is 0 Å². The van der Waals surface area contributed by atoms with E-state index in [4.69, 9.17) is 0 Å². The number of carboxylic acids is 1. The summed E-state index contributed by atoms with van der Waals surface area (Å²) in [5, 5.41) is 11.9. The standard InChI is InChI=1S/C13H18N2O4/c1-8(16)14-5-3-2-4-9-6-10-7-11(17)15(10)12(9)13(18)19/h10H,2-7H2,1H3,(H,14,16)(H,18,19). The summed E-state index contributed by atoms with van der Waals surface area (Å²) in [5.74, 6) is -1.15. The minimum absolute atomic E-state index is 0.0546. The van der Waals surface area contributed by atoms with Crippen LogP contribution in [0.2, 0.25) is 0 Å². The van der Waals surface area contributed by atoms with E-state index in [1.54, 1.807) is 0 Å². The normalized spacial score (nSPS) is 21.2. The van der Waals surface area contributed by atoms with Gasteiger partial charge in [0.15, 0.2) is 0 Å². The van der Waals surface area contributed by atoms with E-state index in [0.29, 0.717) is 25.8 Å². The van der Waals surface area contributed by atoms with Crippen LogP contribution in [0.15, 0.2) is 11.3 Å². The highest BCUT2D eigenvalue weighted by molar-refractivity contribution is 5.98. The lowest BCUT2D eigenvalue weighted by atomic mass is 9.99. The summed E-state index contributed by atoms with van der Waals surface area (Å²) < 4.78 is 0. The molecule has 0 radical (unpaired) electrons. The highest BCUT2D eigenvalue weighted by Gasteiger charge is 2.46. The van der Waals surface area contributed by atoms with E-state index < -0.39 is 5.97 Å². The zero-order valence-electron chi connectivity index (χ0n) is 10.9. The number of β-lactam (4-membered cyclic amide) rings is 1. The summed E-state index contributed by atoms with van der Waals surface area (Å²) in [6.07, 6.45) is 3.47. The lowest BCUT2D eigenvalue weighted by Gasteiger charge is -2.35. The summed E-state index contributed by atoms with van der Waals surface area (Å²) in [4.78, 5) is 34.7. The summed E-state index contributed by atoms with van der Waals surface area (Å²) in [5.41, 5.74) is 1.06. The minimum atomic E-state index is -1.01. The average Bonchev–Trinajstić information content (AvgIpc) is 2.61. The van der Waals surface area contributed by atoms with Crippen LogP contribution in [0.1, 0.15) is 39.0 Å². The van der Waals surface area contributed by atoms with Crippen molar-refractivity contribution in [2.75, 3.05) is 6.54 Å². The molecule has 0 aromatic carbocycles. The number of carbonyl (C=O) groups excluding carboxylic acids is 2. The van der Waals surface area contributed by atoms with Crippen molar-refractivity contribution in [2.45, 2.75) is 45.1 Å². The van der Waals surface area contributed by atoms with Gasteiger partial charge in [0.1, 0.15) is 5.70 Å². The largest absolute Gasteiger partial charge is 0.477 e. The van der Waals surface area contributed by atoms with E-state index in [9.17, 15) is 19.5 Å². The second-order valence-electron chi connectivity index (χ2n) is 5.02. The Labute approximate surface area is 111 Å². The first-order valence-electron chi connectivity index (χ1n) is 6.52. The lowest BCUT2D eigenvalue weighted by molar-refractivity contribution is -0.147. The first-order chi connectivity index (χ1) is 9.00. The topological polar surface area (TPSA) is 86.7 Å². The molecule has 104 valence electrons. The maximum Gasteiger partial charge on any atom is 0.352 e. The van der Waals surface area contributed by atoms with Gasteiger partial charge in [-0.15, -0.1) is 0 Å². The quantitative estimate of drug-likeness (QED) is 0.545. The van der Waals surface area contributed by atoms with Crippen LogP contribution in [0, 0.1) is 0 Å². The fraction of sp³-hybridized carbons (Fsp3) is 0.615. The molecule has 2 heterocycles. The number of amides is 2. The molecular formula is C13H18N2O4. The van der Waals surface area contributed by atoms with E-state index in [1.165, 1.54) is 11.8 Å². The predicted octanol–water partition coefficient (Wildman–Crippen LogP) is 0.636. The number of nitrogens with one attached hydrogen (secondary N) is 1. The molecule has 1 saturated heterocycles. The molecule has 2 rings (SSSR count). The number of rotatable bonds is 6. The van der Waals surface area contributed by atoms with Gasteiger partial charge in [0.2, 0.25) is 11.8 Å². The molecule has 0 aromatic heterocycles. The number of carboxylic acid groups (broad SMARTS) is 1. The van der Waals surface area contributed by atoms with Crippen LogP contribution in [0.3, 0.4) is 0 Å². The molecule has 2 amide bonds. The van der Waals surface area contributed by atoms with Crippen LogP contribution in [0.25, 0.3) is 0 Å². The van der Waals surface area contributed by atoms with Gasteiger partial charge in [0.05, 0.1) is 0 Å². The van der Waals surface area contributed by atoms with Crippen LogP contribution in [0.5, 0.6) is 0 Å². The van der Waals surface area contributed by atoms with Crippen molar-refractivity contribution in [3.63, 3.8) is 0 Å². The molecule has 1 atom stereocenters. The first-order valence-corrected chi connectivity index (χ1v) is 6.52. The Balaban J connectivity index is 1.87. The second-order valence-corrected chi connectivity index (χ2v) is 5.02. The number of fused-ring (bicyclic) bond motifs is 1. The Morgan fingerprint density at radius 3 is 2.68 bits per heavy atom. The lowest BCUT2D eigenvalue weighted by Crippen LogP contribution is -2.49. The Morgan fingerprint density at radius 1 is 1.37 bits per heavy atom. The summed E-state index contributed by atoms with van der Waals surface area (Å²) in [7, 11) is 0. The van der Waals surface area contributed by atoms with Gasteiger partial charge >= 0.3 is 5.97 Å². The number of aliphatic carboxylic acids is 1. The minimum Gasteiger partial charge on any atom is -0.477 e. The molecule has 0 aliphatic carbocycles. The van der Waals surface area contributed by atoms with E-state index >= 15 is 0 Å². The van der Waals surface area contributed by atoms with Crippen LogP contribution < -0.4 is 5.32 Å². The van der Waals surface area contributed by atoms with E-state index in [2.05, 4.69) is 5.32 Å². The van der Waals surface area contributed by atoms with Crippen molar-refractivity contribution in [2.24, 2.45) is 0 Å². The van der Waals surface area contributed by atoms with E-state index in [1.807, 2.05) is 0 Å². The number of unbranched alkanes of at least 4 members (excludes halogenated alkanes) is 1. The molecule has 2 aliphatic heterocycles. The SMILES string of the molecule is CC(=O)NCCCCC1=C(C(=O)O)N2C(=O)CC2C1. The Morgan fingerprint density at radius 2 is 2.11 bits per heavy atom. The molecule has 0 saturated carbocycles. The van der Waals surface area contributed by atoms with E-state index in [0.717, 1.165) is 18.4 Å². The van der Waals surface area contributed by atoms with Gasteiger partial charge in [0.25, 0.3) is 0 Å². The van der Waals surface area contributed by atoms with Gasteiger partial charge in [-0.3, -0.25) is 9.59 Å². The second kappa shape index (κ2) is 5.42. The maximum atomic E-state index is 11.4. The van der Waals surface area contributed by atoms with Crippen molar-refractivity contribution >= 4 is 17.8 Å². The fourth-order valence-electron chi connectivity index (χ4n) is 2.71. The smallest absolute Gasteiger partial charge is 0.352 e. The molecule has 19 heavy (non-hydrogen) atoms. The molecule has 0 aromatic rings. The monoisotopic (exact) mass is 266 g/mol. The highest BCUT2D eigenvalue weighted by atomic mass is 16.4. The van der Waals surface area contributed by atoms with Crippen molar-refractivity contribution in [1.82, 2.24) is 10.2 Å². The molecular weight excluding hydrogens is 248 g/mol. The van der Waals surface area contributed by atoms with Crippen molar-refractivity contribution in [3.05, 3.63) is 11.3 Å². The highest BCUT2D eigenvalue weighted by Crippen LogP contribution is 2.40. The van der Waals surface area contributed by atoms with Crippen molar-refractivity contribution in [3.8, 4) is 0 Å². The summed E-state index contributed by atoms with van der Waals surface area (Å²) >= 11 is 0. The molecule has 6 heteroatoms. The van der Waals surface area contributed by atoms with Gasteiger partial charge in [-0.25, -0.2) is 4.79 Å². The molecule has 2 aliphatic rings. The third-order valence-electron chi connectivity index (χ3n) is 3.58. The summed E-state index contributed by atoms with van der Waals surface area (Å²) in [6, 6.07) is 0.0731. The number of carbonyl (C=O) groups is 3. The number of hydrogen-bond donors (Lipinski definition) is 2. The number of nitrogens with zero attached hydrogens (tertiary/aromatic N) is 1. The molecule has 0 spiro atoms. The first kappa shape index (κ1) is 13.6. The molecule has 2 N–H and O–H groups in total. The van der Waals surface area contributed by atoms with Gasteiger partial charge in [-0.2, -0.15) is 0 Å². The third kappa shape index (κ3) is 2.77. The van der Waals surface area contributed by atoms with Crippen LogP contribution in [0.4, 0.5) is 0 Å². The van der Waals surface area contributed by atoms with Crippen LogP contribution in [-0.2, 0) is 14.4 Å². The molecule has 6 nitrogen and oxygen atoms in total. The fourth-order valence-corrected chi connectivity index (χ4v) is 2.71.